The zero-order chi connectivity index (χ0) is 22.7. The van der Waals surface area contributed by atoms with E-state index in [0.29, 0.717) is 22.9 Å². The SMILES string of the molecule is COc1ccc2nccc(Oc3ccc(NC(=O)c4ccc(C(F)(F)F)cc4)cc3)c2c1. The lowest BCUT2D eigenvalue weighted by Crippen LogP contribution is -2.12. The molecule has 0 radical (unpaired) electrons. The largest absolute Gasteiger partial charge is 0.497 e. The van der Waals surface area contributed by atoms with Gasteiger partial charge in [-0.1, -0.05) is 0 Å². The van der Waals surface area contributed by atoms with E-state index < -0.39 is 17.6 Å². The molecule has 0 bridgehead atoms. The van der Waals surface area contributed by atoms with Gasteiger partial charge in [-0.25, -0.2) is 0 Å². The molecule has 1 amide bonds. The highest BCUT2D eigenvalue weighted by molar-refractivity contribution is 6.04. The van der Waals surface area contributed by atoms with E-state index in [0.717, 1.165) is 35.2 Å². The molecule has 0 unspecified atom stereocenters. The smallest absolute Gasteiger partial charge is 0.416 e. The van der Waals surface area contributed by atoms with Crippen molar-refractivity contribution in [3.63, 3.8) is 0 Å². The number of carbonyl (C=O) groups excluding carboxylic acids is 1. The lowest BCUT2D eigenvalue weighted by atomic mass is 10.1. The number of carbonyl (C=O) groups is 1. The van der Waals surface area contributed by atoms with E-state index in [1.165, 1.54) is 0 Å². The molecule has 1 heterocycles. The van der Waals surface area contributed by atoms with Crippen LogP contribution in [0.3, 0.4) is 0 Å². The Morgan fingerprint density at radius 2 is 1.59 bits per heavy atom. The third-order valence-corrected chi connectivity index (χ3v) is 4.72. The molecule has 4 rings (SSSR count). The molecule has 0 saturated heterocycles. The van der Waals surface area contributed by atoms with Gasteiger partial charge >= 0.3 is 6.18 Å². The fraction of sp³-hybridized carbons (Fsp3) is 0.0833. The van der Waals surface area contributed by atoms with Crippen LogP contribution in [0.25, 0.3) is 10.9 Å². The highest BCUT2D eigenvalue weighted by Crippen LogP contribution is 2.32. The number of nitrogens with zero attached hydrogens (tertiary/aromatic N) is 1. The second-order valence-corrected chi connectivity index (χ2v) is 6.85. The number of anilines is 1. The third kappa shape index (κ3) is 4.64. The Morgan fingerprint density at radius 3 is 2.25 bits per heavy atom. The number of halogens is 3. The maximum Gasteiger partial charge on any atom is 0.416 e. The van der Waals surface area contributed by atoms with Gasteiger partial charge in [-0.3, -0.25) is 9.78 Å². The molecule has 0 aliphatic rings. The van der Waals surface area contributed by atoms with E-state index in [9.17, 15) is 18.0 Å². The van der Waals surface area contributed by atoms with E-state index in [1.54, 1.807) is 43.6 Å². The summed E-state index contributed by atoms with van der Waals surface area (Å²) in [6, 6.07) is 17.9. The Kier molecular flexibility index (Phi) is 5.68. The fourth-order valence-corrected chi connectivity index (χ4v) is 3.06. The van der Waals surface area contributed by atoms with Crippen LogP contribution in [0.2, 0.25) is 0 Å². The van der Waals surface area contributed by atoms with Crippen molar-refractivity contribution in [1.29, 1.82) is 0 Å². The number of nitrogens with one attached hydrogen (secondary N) is 1. The molecule has 1 N–H and O–H groups in total. The zero-order valence-electron chi connectivity index (χ0n) is 16.8. The van der Waals surface area contributed by atoms with Gasteiger partial charge in [-0.05, 0) is 72.8 Å². The van der Waals surface area contributed by atoms with Crippen molar-refractivity contribution in [1.82, 2.24) is 4.98 Å². The lowest BCUT2D eigenvalue weighted by molar-refractivity contribution is -0.137. The first-order chi connectivity index (χ1) is 15.3. The van der Waals surface area contributed by atoms with Crippen molar-refractivity contribution in [2.24, 2.45) is 0 Å². The van der Waals surface area contributed by atoms with E-state index >= 15 is 0 Å². The molecule has 0 spiro atoms. The summed E-state index contributed by atoms with van der Waals surface area (Å²) < 4.78 is 49.2. The number of hydrogen-bond donors (Lipinski definition) is 1. The highest BCUT2D eigenvalue weighted by atomic mass is 19.4. The van der Waals surface area contributed by atoms with Gasteiger partial charge in [0.25, 0.3) is 5.91 Å². The number of hydrogen-bond acceptors (Lipinski definition) is 4. The van der Waals surface area contributed by atoms with Crippen molar-refractivity contribution >= 4 is 22.5 Å². The summed E-state index contributed by atoms with van der Waals surface area (Å²) in [4.78, 5) is 16.6. The number of benzene rings is 3. The molecule has 5 nitrogen and oxygen atoms in total. The Labute approximate surface area is 181 Å². The molecule has 0 aliphatic heterocycles. The predicted molar refractivity (Wildman–Crippen MR) is 114 cm³/mol. The molecule has 0 saturated carbocycles. The first kappa shape index (κ1) is 21.2. The average molecular weight is 438 g/mol. The third-order valence-electron chi connectivity index (χ3n) is 4.72. The maximum absolute atomic E-state index is 12.7. The Bertz CT molecular complexity index is 1250. The minimum atomic E-state index is -4.45. The summed E-state index contributed by atoms with van der Waals surface area (Å²) in [7, 11) is 1.58. The summed E-state index contributed by atoms with van der Waals surface area (Å²) in [6.07, 6.45) is -2.81. The molecule has 0 atom stereocenters. The number of aromatic nitrogens is 1. The van der Waals surface area contributed by atoms with Crippen LogP contribution in [0.15, 0.2) is 79.0 Å². The number of alkyl halides is 3. The number of fused-ring (bicyclic) bond motifs is 1. The monoisotopic (exact) mass is 438 g/mol. The minimum Gasteiger partial charge on any atom is -0.497 e. The van der Waals surface area contributed by atoms with Gasteiger partial charge < -0.3 is 14.8 Å². The quantitative estimate of drug-likeness (QED) is 0.397. The summed E-state index contributed by atoms with van der Waals surface area (Å²) in [5.41, 5.74) is 0.541. The van der Waals surface area contributed by atoms with Gasteiger partial charge in [0, 0.05) is 22.8 Å². The normalized spacial score (nSPS) is 11.2. The molecule has 162 valence electrons. The Balaban J connectivity index is 1.47. The fourth-order valence-electron chi connectivity index (χ4n) is 3.06. The first-order valence-corrected chi connectivity index (χ1v) is 9.53. The molecule has 3 aromatic carbocycles. The Morgan fingerprint density at radius 1 is 0.906 bits per heavy atom. The molecular formula is C24H17F3N2O3. The standard InChI is InChI=1S/C24H17F3N2O3/c1-31-19-10-11-21-20(14-19)22(12-13-28-21)32-18-8-6-17(7-9-18)29-23(30)15-2-4-16(5-3-15)24(25,26)27/h2-14H,1H3,(H,29,30). The Hall–Kier alpha value is -4.07. The molecule has 8 heteroatoms. The van der Waals surface area contributed by atoms with Crippen LogP contribution in [-0.4, -0.2) is 18.0 Å². The number of ether oxygens (including phenoxy) is 2. The lowest BCUT2D eigenvalue weighted by Gasteiger charge is -2.11. The molecule has 0 fully saturated rings. The number of amides is 1. The van der Waals surface area contributed by atoms with Crippen LogP contribution in [0.1, 0.15) is 15.9 Å². The van der Waals surface area contributed by atoms with E-state index in [-0.39, 0.29) is 5.56 Å². The predicted octanol–water partition coefficient (Wildman–Crippen LogP) is 6.31. The summed E-state index contributed by atoms with van der Waals surface area (Å²) in [6.45, 7) is 0. The number of rotatable bonds is 5. The van der Waals surface area contributed by atoms with Crippen LogP contribution in [-0.2, 0) is 6.18 Å². The van der Waals surface area contributed by atoms with Crippen molar-refractivity contribution < 1.29 is 27.4 Å². The zero-order valence-corrected chi connectivity index (χ0v) is 16.8. The van der Waals surface area contributed by atoms with Crippen molar-refractivity contribution in [3.05, 3.63) is 90.1 Å². The van der Waals surface area contributed by atoms with E-state index in [4.69, 9.17) is 9.47 Å². The maximum atomic E-state index is 12.7. The minimum absolute atomic E-state index is 0.121. The number of pyridine rings is 1. The summed E-state index contributed by atoms with van der Waals surface area (Å²) in [5.74, 6) is 1.29. The summed E-state index contributed by atoms with van der Waals surface area (Å²) in [5, 5.41) is 3.43. The van der Waals surface area contributed by atoms with Gasteiger partial charge in [0.15, 0.2) is 0 Å². The highest BCUT2D eigenvalue weighted by Gasteiger charge is 2.30. The van der Waals surface area contributed by atoms with Crippen molar-refractivity contribution in [3.8, 4) is 17.2 Å². The average Bonchev–Trinajstić information content (AvgIpc) is 2.80. The van der Waals surface area contributed by atoms with Crippen LogP contribution < -0.4 is 14.8 Å². The number of methoxy groups -OCH3 is 1. The van der Waals surface area contributed by atoms with Gasteiger partial charge in [-0.2, -0.15) is 13.2 Å². The topological polar surface area (TPSA) is 60.5 Å². The molecule has 0 aliphatic carbocycles. The second kappa shape index (κ2) is 8.58. The van der Waals surface area contributed by atoms with Gasteiger partial charge in [0.05, 0.1) is 18.2 Å². The van der Waals surface area contributed by atoms with E-state index in [1.807, 2.05) is 18.2 Å². The first-order valence-electron chi connectivity index (χ1n) is 9.53. The van der Waals surface area contributed by atoms with Gasteiger partial charge in [0.2, 0.25) is 0 Å². The van der Waals surface area contributed by atoms with Crippen molar-refractivity contribution in [2.45, 2.75) is 6.18 Å². The van der Waals surface area contributed by atoms with Crippen LogP contribution in [0.5, 0.6) is 17.2 Å². The van der Waals surface area contributed by atoms with Gasteiger partial charge in [-0.15, -0.1) is 0 Å². The van der Waals surface area contributed by atoms with Gasteiger partial charge in [0.1, 0.15) is 17.2 Å². The van der Waals surface area contributed by atoms with Crippen molar-refractivity contribution in [2.75, 3.05) is 12.4 Å². The van der Waals surface area contributed by atoms with E-state index in [2.05, 4.69) is 10.3 Å². The molecule has 1 aromatic heterocycles. The molecular weight excluding hydrogens is 421 g/mol. The second-order valence-electron chi connectivity index (χ2n) is 6.85. The van der Waals surface area contributed by atoms with Crippen LogP contribution in [0, 0.1) is 0 Å². The van der Waals surface area contributed by atoms with Crippen LogP contribution in [0.4, 0.5) is 18.9 Å². The molecule has 4 aromatic rings. The van der Waals surface area contributed by atoms with Crippen LogP contribution >= 0.6 is 0 Å². The molecule has 32 heavy (non-hydrogen) atoms. The summed E-state index contributed by atoms with van der Waals surface area (Å²) >= 11 is 0.